The molecule has 31 heavy (non-hydrogen) atoms. The fraction of sp³-hybridized carbons (Fsp3) is 0.375. The second kappa shape index (κ2) is 10.1. The number of amides is 2. The molecule has 0 aromatic heterocycles. The fourth-order valence-electron chi connectivity index (χ4n) is 3.96. The zero-order valence-corrected chi connectivity index (χ0v) is 17.8. The lowest BCUT2D eigenvalue weighted by Crippen LogP contribution is -2.50. The van der Waals surface area contributed by atoms with Gasteiger partial charge in [-0.1, -0.05) is 62.4 Å². The quantitative estimate of drug-likeness (QED) is 0.570. The van der Waals surface area contributed by atoms with Crippen molar-refractivity contribution in [3.63, 3.8) is 0 Å². The summed E-state index contributed by atoms with van der Waals surface area (Å²) in [6.07, 6.45) is 0.101. The number of hydrogen-bond donors (Lipinski definition) is 3. The van der Waals surface area contributed by atoms with E-state index in [9.17, 15) is 14.4 Å². The molecule has 164 valence electrons. The van der Waals surface area contributed by atoms with Crippen LogP contribution in [-0.2, 0) is 14.3 Å². The second-order valence-corrected chi connectivity index (χ2v) is 7.64. The maximum Gasteiger partial charge on any atom is 0.407 e. The molecule has 1 unspecified atom stereocenters. The van der Waals surface area contributed by atoms with E-state index in [-0.39, 0.29) is 18.6 Å². The van der Waals surface area contributed by atoms with Crippen molar-refractivity contribution in [1.29, 1.82) is 0 Å². The van der Waals surface area contributed by atoms with Gasteiger partial charge >= 0.3 is 12.1 Å². The Hall–Kier alpha value is -3.35. The van der Waals surface area contributed by atoms with Crippen LogP contribution < -0.4 is 10.6 Å². The van der Waals surface area contributed by atoms with E-state index in [0.29, 0.717) is 12.8 Å². The second-order valence-electron chi connectivity index (χ2n) is 7.64. The zero-order valence-electron chi connectivity index (χ0n) is 17.8. The molecule has 0 radical (unpaired) electrons. The van der Waals surface area contributed by atoms with E-state index in [0.717, 1.165) is 22.3 Å². The van der Waals surface area contributed by atoms with Crippen LogP contribution in [0, 0.1) is 0 Å². The van der Waals surface area contributed by atoms with Gasteiger partial charge in [-0.25, -0.2) is 4.79 Å². The monoisotopic (exact) mass is 424 g/mol. The van der Waals surface area contributed by atoms with Crippen LogP contribution in [0.1, 0.15) is 50.2 Å². The molecule has 0 saturated carbocycles. The molecule has 7 nitrogen and oxygen atoms in total. The van der Waals surface area contributed by atoms with Crippen LogP contribution >= 0.6 is 0 Å². The molecule has 2 amide bonds. The number of fused-ring (bicyclic) bond motifs is 3. The van der Waals surface area contributed by atoms with Crippen LogP contribution in [-0.4, -0.2) is 41.8 Å². The van der Waals surface area contributed by atoms with E-state index in [4.69, 9.17) is 9.84 Å². The smallest absolute Gasteiger partial charge is 0.407 e. The van der Waals surface area contributed by atoms with E-state index in [2.05, 4.69) is 10.6 Å². The lowest BCUT2D eigenvalue weighted by Gasteiger charge is -2.21. The highest BCUT2D eigenvalue weighted by molar-refractivity contribution is 5.89. The molecule has 3 N–H and O–H groups in total. The third-order valence-corrected chi connectivity index (χ3v) is 5.66. The van der Waals surface area contributed by atoms with Crippen molar-refractivity contribution >= 4 is 18.0 Å². The molecule has 3 rings (SSSR count). The van der Waals surface area contributed by atoms with Crippen molar-refractivity contribution < 1.29 is 24.2 Å². The van der Waals surface area contributed by atoms with Crippen LogP contribution in [0.2, 0.25) is 0 Å². The fourth-order valence-corrected chi connectivity index (χ4v) is 3.96. The Morgan fingerprint density at radius 2 is 1.48 bits per heavy atom. The third kappa shape index (κ3) is 5.23. The van der Waals surface area contributed by atoms with Gasteiger partial charge in [-0.2, -0.15) is 0 Å². The lowest BCUT2D eigenvalue weighted by molar-refractivity contribution is -0.140. The summed E-state index contributed by atoms with van der Waals surface area (Å²) in [5.41, 5.74) is 4.37. The van der Waals surface area contributed by atoms with Gasteiger partial charge in [0.1, 0.15) is 12.6 Å². The average Bonchev–Trinajstić information content (AvgIpc) is 3.09. The first-order chi connectivity index (χ1) is 14.9. The Morgan fingerprint density at radius 3 is 2.00 bits per heavy atom. The van der Waals surface area contributed by atoms with Gasteiger partial charge in [0.2, 0.25) is 5.91 Å². The third-order valence-electron chi connectivity index (χ3n) is 5.66. The maximum atomic E-state index is 12.5. The first kappa shape index (κ1) is 22.3. The number of aliphatic carboxylic acids is 1. The summed E-state index contributed by atoms with van der Waals surface area (Å²) in [6.45, 7) is 3.95. The topological polar surface area (TPSA) is 105 Å². The van der Waals surface area contributed by atoms with Crippen LogP contribution in [0.4, 0.5) is 4.79 Å². The summed E-state index contributed by atoms with van der Waals surface area (Å²) in [7, 11) is 0. The van der Waals surface area contributed by atoms with E-state index in [1.165, 1.54) is 0 Å². The molecule has 2 aromatic carbocycles. The molecule has 0 bridgehead atoms. The van der Waals surface area contributed by atoms with Gasteiger partial charge in [-0.3, -0.25) is 9.59 Å². The van der Waals surface area contributed by atoms with E-state index < -0.39 is 30.4 Å². The summed E-state index contributed by atoms with van der Waals surface area (Å²) in [5.74, 6) is -1.82. The highest BCUT2D eigenvalue weighted by Gasteiger charge is 2.30. The average molecular weight is 424 g/mol. The van der Waals surface area contributed by atoms with E-state index in [1.54, 1.807) is 0 Å². The van der Waals surface area contributed by atoms with Gasteiger partial charge in [0, 0.05) is 12.0 Å². The van der Waals surface area contributed by atoms with Crippen molar-refractivity contribution in [2.75, 3.05) is 6.61 Å². The molecule has 0 saturated heterocycles. The number of nitrogens with one attached hydrogen (secondary N) is 2. The van der Waals surface area contributed by atoms with Crippen LogP contribution in [0.5, 0.6) is 0 Å². The molecular weight excluding hydrogens is 396 g/mol. The molecule has 0 heterocycles. The number of rotatable bonds is 9. The van der Waals surface area contributed by atoms with Gasteiger partial charge in [0.15, 0.2) is 0 Å². The number of alkyl carbamates (subject to hydrolysis) is 1. The minimum absolute atomic E-state index is 0.0758. The number of ether oxygens (including phenoxy) is 1. The Balaban J connectivity index is 1.66. The summed E-state index contributed by atoms with van der Waals surface area (Å²) in [4.78, 5) is 36.1. The SMILES string of the molecule is CCC(CC)NC(=O)C(CC(=O)O)NC(=O)OCC1c2ccccc2-c2ccccc21. The zero-order chi connectivity index (χ0) is 22.4. The number of carbonyl (C=O) groups is 3. The Kier molecular flexibility index (Phi) is 7.28. The molecule has 1 aliphatic rings. The van der Waals surface area contributed by atoms with Crippen molar-refractivity contribution in [2.45, 2.75) is 51.1 Å². The molecule has 0 aliphatic heterocycles. The van der Waals surface area contributed by atoms with Crippen LogP contribution in [0.15, 0.2) is 48.5 Å². The molecule has 2 aromatic rings. The highest BCUT2D eigenvalue weighted by Crippen LogP contribution is 2.44. The number of carbonyl (C=O) groups excluding carboxylic acids is 2. The predicted molar refractivity (Wildman–Crippen MR) is 117 cm³/mol. The van der Waals surface area contributed by atoms with Gasteiger partial charge in [0.05, 0.1) is 6.42 Å². The number of hydrogen-bond acceptors (Lipinski definition) is 4. The maximum absolute atomic E-state index is 12.5. The molecule has 0 fully saturated rings. The van der Waals surface area contributed by atoms with Crippen LogP contribution in [0.25, 0.3) is 11.1 Å². The molecular formula is C24H28N2O5. The molecule has 7 heteroatoms. The van der Waals surface area contributed by atoms with Crippen molar-refractivity contribution in [1.82, 2.24) is 10.6 Å². The summed E-state index contributed by atoms with van der Waals surface area (Å²) < 4.78 is 5.44. The minimum atomic E-state index is -1.20. The minimum Gasteiger partial charge on any atom is -0.481 e. The first-order valence-electron chi connectivity index (χ1n) is 10.6. The predicted octanol–water partition coefficient (Wildman–Crippen LogP) is 3.67. The lowest BCUT2D eigenvalue weighted by atomic mass is 9.98. The summed E-state index contributed by atoms with van der Waals surface area (Å²) >= 11 is 0. The summed E-state index contributed by atoms with van der Waals surface area (Å²) in [5, 5.41) is 14.3. The Labute approximate surface area is 181 Å². The Morgan fingerprint density at radius 1 is 0.935 bits per heavy atom. The number of benzene rings is 2. The normalized spacial score (nSPS) is 13.3. The van der Waals surface area contributed by atoms with E-state index in [1.807, 2.05) is 62.4 Å². The van der Waals surface area contributed by atoms with Gasteiger partial charge < -0.3 is 20.5 Å². The van der Waals surface area contributed by atoms with Gasteiger partial charge in [-0.05, 0) is 35.1 Å². The van der Waals surface area contributed by atoms with Crippen molar-refractivity contribution in [2.24, 2.45) is 0 Å². The van der Waals surface area contributed by atoms with E-state index >= 15 is 0 Å². The van der Waals surface area contributed by atoms with Crippen molar-refractivity contribution in [3.05, 3.63) is 59.7 Å². The summed E-state index contributed by atoms with van der Waals surface area (Å²) in [6, 6.07) is 14.7. The highest BCUT2D eigenvalue weighted by atomic mass is 16.5. The largest absolute Gasteiger partial charge is 0.481 e. The van der Waals surface area contributed by atoms with Crippen molar-refractivity contribution in [3.8, 4) is 11.1 Å². The molecule has 1 aliphatic carbocycles. The Bertz CT molecular complexity index is 909. The van der Waals surface area contributed by atoms with Gasteiger partial charge in [-0.15, -0.1) is 0 Å². The van der Waals surface area contributed by atoms with Gasteiger partial charge in [0.25, 0.3) is 0 Å². The first-order valence-corrected chi connectivity index (χ1v) is 10.6. The molecule has 1 atom stereocenters. The number of carboxylic acid groups (broad SMARTS) is 1. The number of carboxylic acids is 1. The standard InChI is InChI=1S/C24H28N2O5/c1-3-15(4-2)25-23(29)21(13-22(27)28)26-24(30)31-14-20-18-11-7-5-9-16(18)17-10-6-8-12-19(17)20/h5-12,15,20-21H,3-4,13-14H2,1-2H3,(H,25,29)(H,26,30)(H,27,28). The van der Waals surface area contributed by atoms with Crippen LogP contribution in [0.3, 0.4) is 0 Å². The molecule has 0 spiro atoms.